The van der Waals surface area contributed by atoms with Gasteiger partial charge in [-0.2, -0.15) is 0 Å². The predicted octanol–water partition coefficient (Wildman–Crippen LogP) is 3.77. The van der Waals surface area contributed by atoms with Gasteiger partial charge in [0.2, 0.25) is 5.88 Å². The van der Waals surface area contributed by atoms with Gasteiger partial charge in [-0.3, -0.25) is 9.20 Å². The molecule has 1 heterocycles. The van der Waals surface area contributed by atoms with Crippen LogP contribution in [0.15, 0.2) is 23.3 Å². The number of hydrogen-bond donors (Lipinski definition) is 2. The molecule has 6 nitrogen and oxygen atoms in total. The summed E-state index contributed by atoms with van der Waals surface area (Å²) in [5.41, 5.74) is 1.09. The van der Waals surface area contributed by atoms with Crippen LogP contribution >= 0.6 is 24.0 Å². The fourth-order valence-corrected chi connectivity index (χ4v) is 5.43. The van der Waals surface area contributed by atoms with Gasteiger partial charge in [-0.15, -0.1) is 24.0 Å². The van der Waals surface area contributed by atoms with Crippen molar-refractivity contribution in [3.05, 3.63) is 23.9 Å². The molecule has 2 aliphatic rings. The Morgan fingerprint density at radius 3 is 2.69 bits per heavy atom. The molecular formula is C21H35IN4O2S. The maximum Gasteiger partial charge on any atom is 0.213 e. The highest BCUT2D eigenvalue weighted by Gasteiger charge is 2.26. The first kappa shape index (κ1) is 24.4. The number of guanidine groups is 1. The highest BCUT2D eigenvalue weighted by Crippen LogP contribution is 2.24. The van der Waals surface area contributed by atoms with Gasteiger partial charge in [-0.1, -0.05) is 19.4 Å². The molecular weight excluding hydrogens is 499 g/mol. The smallest absolute Gasteiger partial charge is 0.213 e. The lowest BCUT2D eigenvalue weighted by atomic mass is 9.95. The Balaban J connectivity index is 0.00000300. The molecule has 0 saturated heterocycles. The molecule has 8 heteroatoms. The fourth-order valence-electron chi connectivity index (χ4n) is 4.09. The summed E-state index contributed by atoms with van der Waals surface area (Å²) in [5, 5.41) is 7.18. The van der Waals surface area contributed by atoms with Crippen LogP contribution in [0.1, 0.15) is 63.9 Å². The number of hydrogen-bond acceptors (Lipinski definition) is 4. The van der Waals surface area contributed by atoms with E-state index in [0.717, 1.165) is 61.7 Å². The van der Waals surface area contributed by atoms with Crippen molar-refractivity contribution in [1.29, 1.82) is 0 Å². The summed E-state index contributed by atoms with van der Waals surface area (Å²) in [7, 11) is 1.08. The summed E-state index contributed by atoms with van der Waals surface area (Å²) in [6.45, 7) is 2.67. The van der Waals surface area contributed by atoms with Crippen LogP contribution in [0.3, 0.4) is 0 Å². The van der Waals surface area contributed by atoms with Gasteiger partial charge in [-0.25, -0.2) is 4.98 Å². The Hall–Kier alpha value is -0.900. The fraction of sp³-hybridized carbons (Fsp3) is 0.714. The lowest BCUT2D eigenvalue weighted by Gasteiger charge is -2.30. The number of aromatic nitrogens is 1. The van der Waals surface area contributed by atoms with Gasteiger partial charge in [0.25, 0.3) is 0 Å². The van der Waals surface area contributed by atoms with E-state index in [0.29, 0.717) is 23.9 Å². The molecule has 3 atom stereocenters. The molecule has 1 aromatic rings. The van der Waals surface area contributed by atoms with Crippen LogP contribution in [0, 0.1) is 0 Å². The molecule has 29 heavy (non-hydrogen) atoms. The summed E-state index contributed by atoms with van der Waals surface area (Å²) in [6.07, 6.45) is 11.3. The Labute approximate surface area is 194 Å². The number of halogens is 1. The molecule has 0 spiro atoms. The maximum absolute atomic E-state index is 12.1. The standard InChI is InChI=1S/C21H34N4O2S.HI/c1-3-28(26)19-10-6-7-17(13-19)25-21(22-2)24-15-16-11-12-20(23-14-16)27-18-8-4-5-9-18;/h11-12,14,17-19H,3-10,13,15H2,1-2H3,(H2,22,24,25);1H. The molecule has 3 unspecified atom stereocenters. The molecule has 0 aliphatic heterocycles. The number of nitrogens with zero attached hydrogens (tertiary/aromatic N) is 2. The lowest BCUT2D eigenvalue weighted by molar-refractivity contribution is 0.201. The van der Waals surface area contributed by atoms with Crippen LogP contribution < -0.4 is 15.4 Å². The maximum atomic E-state index is 12.1. The van der Waals surface area contributed by atoms with Crippen LogP contribution in [-0.2, 0) is 17.3 Å². The monoisotopic (exact) mass is 534 g/mol. The van der Waals surface area contributed by atoms with Gasteiger partial charge in [0.1, 0.15) is 6.10 Å². The SMILES string of the molecule is CCS(=O)C1CCCC(NC(=NC)NCc2ccc(OC3CCCC3)nc2)C1.I. The third kappa shape index (κ3) is 7.70. The number of aliphatic imine (C=N–C) groups is 1. The zero-order valence-corrected chi connectivity index (χ0v) is 20.7. The Kier molecular flexibility index (Phi) is 10.7. The second-order valence-corrected chi connectivity index (χ2v) is 9.76. The predicted molar refractivity (Wildman–Crippen MR) is 131 cm³/mol. The molecule has 0 aromatic carbocycles. The highest BCUT2D eigenvalue weighted by molar-refractivity contribution is 14.0. The van der Waals surface area contributed by atoms with Gasteiger partial charge in [0.15, 0.2) is 5.96 Å². The Morgan fingerprint density at radius 2 is 2.03 bits per heavy atom. The van der Waals surface area contributed by atoms with E-state index in [1.165, 1.54) is 12.8 Å². The minimum Gasteiger partial charge on any atom is -0.474 e. The summed E-state index contributed by atoms with van der Waals surface area (Å²) < 4.78 is 18.1. The van der Waals surface area contributed by atoms with Crippen molar-refractivity contribution < 1.29 is 8.95 Å². The van der Waals surface area contributed by atoms with Crippen LogP contribution in [0.25, 0.3) is 0 Å². The first-order chi connectivity index (χ1) is 13.7. The van der Waals surface area contributed by atoms with Gasteiger partial charge in [0.05, 0.1) is 0 Å². The summed E-state index contributed by atoms with van der Waals surface area (Å²) in [5.74, 6) is 2.26. The minimum absolute atomic E-state index is 0. The van der Waals surface area contributed by atoms with E-state index in [4.69, 9.17) is 4.74 Å². The van der Waals surface area contributed by atoms with E-state index in [1.807, 2.05) is 19.2 Å². The van der Waals surface area contributed by atoms with Gasteiger partial charge in [-0.05, 0) is 50.5 Å². The average molecular weight is 535 g/mol. The molecule has 0 amide bonds. The van der Waals surface area contributed by atoms with E-state index in [2.05, 4.69) is 26.7 Å². The van der Waals surface area contributed by atoms with E-state index in [9.17, 15) is 4.21 Å². The van der Waals surface area contributed by atoms with E-state index < -0.39 is 10.8 Å². The zero-order chi connectivity index (χ0) is 19.8. The third-order valence-electron chi connectivity index (χ3n) is 5.69. The number of nitrogens with one attached hydrogen (secondary N) is 2. The van der Waals surface area contributed by atoms with Gasteiger partial charge in [0, 0.05) is 53.7 Å². The van der Waals surface area contributed by atoms with Crippen LogP contribution in [0.5, 0.6) is 5.88 Å². The molecule has 0 bridgehead atoms. The van der Waals surface area contributed by atoms with Crippen molar-refractivity contribution in [1.82, 2.24) is 15.6 Å². The van der Waals surface area contributed by atoms with E-state index in [-0.39, 0.29) is 24.0 Å². The molecule has 3 rings (SSSR count). The van der Waals surface area contributed by atoms with Crippen LogP contribution in [-0.4, -0.2) is 45.3 Å². The first-order valence-electron chi connectivity index (χ1n) is 10.6. The molecule has 1 aromatic heterocycles. The van der Waals surface area contributed by atoms with Crippen LogP contribution in [0.4, 0.5) is 0 Å². The molecule has 0 radical (unpaired) electrons. The minimum atomic E-state index is -0.709. The van der Waals surface area contributed by atoms with Gasteiger partial charge >= 0.3 is 0 Å². The van der Waals surface area contributed by atoms with Crippen molar-refractivity contribution in [2.24, 2.45) is 4.99 Å². The molecule has 2 aliphatic carbocycles. The molecule has 2 N–H and O–H groups in total. The lowest BCUT2D eigenvalue weighted by Crippen LogP contribution is -2.46. The second-order valence-electron chi connectivity index (χ2n) is 7.75. The number of ether oxygens (including phenoxy) is 1. The quantitative estimate of drug-likeness (QED) is 0.317. The summed E-state index contributed by atoms with van der Waals surface area (Å²) in [4.78, 5) is 8.79. The Morgan fingerprint density at radius 1 is 1.24 bits per heavy atom. The van der Waals surface area contributed by atoms with Crippen molar-refractivity contribution in [2.75, 3.05) is 12.8 Å². The Bertz CT molecular complexity index is 665. The van der Waals surface area contributed by atoms with Crippen molar-refractivity contribution in [3.63, 3.8) is 0 Å². The molecule has 2 fully saturated rings. The zero-order valence-electron chi connectivity index (χ0n) is 17.6. The second kappa shape index (κ2) is 12.7. The summed E-state index contributed by atoms with van der Waals surface area (Å²) in [6, 6.07) is 4.34. The largest absolute Gasteiger partial charge is 0.474 e. The first-order valence-corrected chi connectivity index (χ1v) is 12.0. The molecule has 164 valence electrons. The molecule has 2 saturated carbocycles. The van der Waals surface area contributed by atoms with Crippen molar-refractivity contribution >= 4 is 40.7 Å². The van der Waals surface area contributed by atoms with Crippen molar-refractivity contribution in [2.45, 2.75) is 82.2 Å². The average Bonchev–Trinajstić information content (AvgIpc) is 3.24. The summed E-state index contributed by atoms with van der Waals surface area (Å²) >= 11 is 0. The number of rotatable bonds is 7. The van der Waals surface area contributed by atoms with Crippen LogP contribution in [0.2, 0.25) is 0 Å². The van der Waals surface area contributed by atoms with E-state index >= 15 is 0 Å². The number of pyridine rings is 1. The van der Waals surface area contributed by atoms with Gasteiger partial charge < -0.3 is 15.4 Å². The third-order valence-corrected chi connectivity index (χ3v) is 7.43. The topological polar surface area (TPSA) is 75.6 Å². The highest BCUT2D eigenvalue weighted by atomic mass is 127. The normalized spacial score (nSPS) is 23.9. The van der Waals surface area contributed by atoms with E-state index in [1.54, 1.807) is 7.05 Å². The van der Waals surface area contributed by atoms with Crippen molar-refractivity contribution in [3.8, 4) is 5.88 Å².